The van der Waals surface area contributed by atoms with Crippen LogP contribution in [0.25, 0.3) is 21.8 Å². The molecule has 2 aromatic carbocycles. The lowest BCUT2D eigenvalue weighted by Gasteiger charge is -2.31. The number of benzene rings is 2. The lowest BCUT2D eigenvalue weighted by molar-refractivity contribution is 0.0706. The number of carbonyl (C=O) groups excluding carboxylic acids is 3. The molecule has 11 nitrogen and oxygen atoms in total. The number of amides is 3. The fourth-order valence-corrected chi connectivity index (χ4v) is 5.84. The number of para-hydroxylation sites is 2. The third-order valence-electron chi connectivity index (χ3n) is 6.98. The zero-order valence-corrected chi connectivity index (χ0v) is 22.3. The predicted octanol–water partition coefficient (Wildman–Crippen LogP) is 3.67. The first kappa shape index (κ1) is 25.4. The topological polar surface area (TPSA) is 142 Å². The minimum Gasteiger partial charge on any atom is -0.496 e. The van der Waals surface area contributed by atoms with E-state index in [1.54, 1.807) is 29.5 Å². The quantitative estimate of drug-likeness (QED) is 0.281. The van der Waals surface area contributed by atoms with Crippen molar-refractivity contribution in [2.75, 3.05) is 20.2 Å². The molecule has 40 heavy (non-hydrogen) atoms. The molecule has 0 aliphatic carbocycles. The molecule has 1 aliphatic rings. The monoisotopic (exact) mass is 555 g/mol. The van der Waals surface area contributed by atoms with Crippen molar-refractivity contribution in [3.8, 4) is 5.75 Å². The van der Waals surface area contributed by atoms with Gasteiger partial charge in [-0.1, -0.05) is 30.3 Å². The molecule has 1 aliphatic heterocycles. The van der Waals surface area contributed by atoms with Crippen LogP contribution in [0.1, 0.15) is 55.2 Å². The number of hydrogen-bond donors (Lipinski definition) is 3. The first-order valence-corrected chi connectivity index (χ1v) is 13.6. The molecule has 0 radical (unpaired) electrons. The Kier molecular flexibility index (Phi) is 6.83. The van der Waals surface area contributed by atoms with Crippen LogP contribution in [0, 0.1) is 0 Å². The van der Waals surface area contributed by atoms with Crippen molar-refractivity contribution in [2.24, 2.45) is 0 Å². The number of likely N-dealkylation sites (tertiary alicyclic amines) is 1. The molecule has 0 unspecified atom stereocenters. The second-order valence-corrected chi connectivity index (χ2v) is 10.3. The number of H-pyrrole nitrogens is 1. The van der Waals surface area contributed by atoms with E-state index in [0.29, 0.717) is 48.3 Å². The van der Waals surface area contributed by atoms with Crippen LogP contribution in [0.3, 0.4) is 0 Å². The van der Waals surface area contributed by atoms with Gasteiger partial charge in [-0.05, 0) is 31.0 Å². The highest BCUT2D eigenvalue weighted by atomic mass is 32.1. The molecule has 5 aromatic rings. The first-order chi connectivity index (χ1) is 19.5. The molecular formula is C28H25N7O4S. The average molecular weight is 556 g/mol. The molecule has 202 valence electrons. The van der Waals surface area contributed by atoms with Crippen LogP contribution in [0.5, 0.6) is 5.75 Å². The van der Waals surface area contributed by atoms with E-state index in [9.17, 15) is 14.4 Å². The zero-order valence-electron chi connectivity index (χ0n) is 21.5. The van der Waals surface area contributed by atoms with E-state index >= 15 is 0 Å². The number of aromatic amines is 1. The van der Waals surface area contributed by atoms with Crippen LogP contribution in [0.2, 0.25) is 0 Å². The van der Waals surface area contributed by atoms with E-state index in [0.717, 1.165) is 15.9 Å². The first-order valence-electron chi connectivity index (χ1n) is 12.7. The van der Waals surface area contributed by atoms with Gasteiger partial charge in [0.25, 0.3) is 17.7 Å². The fraction of sp³-hybridized carbons (Fsp3) is 0.214. The number of carbonyl (C=O) groups is 3. The lowest BCUT2D eigenvalue weighted by Crippen LogP contribution is -2.42. The normalized spacial score (nSPS) is 13.9. The summed E-state index contributed by atoms with van der Waals surface area (Å²) in [5, 5.41) is 10.8. The summed E-state index contributed by atoms with van der Waals surface area (Å²) in [6, 6.07) is 16.5. The maximum atomic E-state index is 13.2. The largest absolute Gasteiger partial charge is 0.496 e. The fourth-order valence-electron chi connectivity index (χ4n) is 4.87. The van der Waals surface area contributed by atoms with E-state index in [-0.39, 0.29) is 23.2 Å². The van der Waals surface area contributed by atoms with Crippen molar-refractivity contribution in [3.63, 3.8) is 0 Å². The third-order valence-corrected chi connectivity index (χ3v) is 7.99. The Morgan fingerprint density at radius 1 is 0.950 bits per heavy atom. The highest BCUT2D eigenvalue weighted by Crippen LogP contribution is 2.32. The van der Waals surface area contributed by atoms with Gasteiger partial charge in [0.05, 0.1) is 23.2 Å². The van der Waals surface area contributed by atoms with Crippen molar-refractivity contribution in [1.29, 1.82) is 0 Å². The lowest BCUT2D eigenvalue weighted by atomic mass is 9.97. The minimum absolute atomic E-state index is 0.125. The standard InChI is InChI=1S/C28H25N7O4S/c1-39-23-14-21(29-19-8-4-2-6-17(19)23)28(38)35-12-10-16(11-13-35)27-30-22(15-40-27)25(36)33-34-26(37)24-18-7-3-5-9-20(18)31-32-24/h2-9,14-16H,10-13H2,1H3,(H,31,32)(H,33,36)(H,34,37). The summed E-state index contributed by atoms with van der Waals surface area (Å²) in [4.78, 5) is 49.3. The summed E-state index contributed by atoms with van der Waals surface area (Å²) < 4.78 is 5.49. The second-order valence-electron chi connectivity index (χ2n) is 9.39. The Morgan fingerprint density at radius 3 is 2.48 bits per heavy atom. The van der Waals surface area contributed by atoms with Gasteiger partial charge in [0.1, 0.15) is 17.1 Å². The Hall–Kier alpha value is -4.84. The summed E-state index contributed by atoms with van der Waals surface area (Å²) in [6.45, 7) is 1.10. The third kappa shape index (κ3) is 4.84. The summed E-state index contributed by atoms with van der Waals surface area (Å²) in [7, 11) is 1.58. The van der Waals surface area contributed by atoms with Crippen molar-refractivity contribution in [3.05, 3.63) is 82.1 Å². The molecule has 3 aromatic heterocycles. The van der Waals surface area contributed by atoms with Crippen LogP contribution in [-0.4, -0.2) is 63.0 Å². The maximum Gasteiger partial charge on any atom is 0.290 e. The number of methoxy groups -OCH3 is 1. The highest BCUT2D eigenvalue weighted by molar-refractivity contribution is 7.09. The van der Waals surface area contributed by atoms with Gasteiger partial charge in [0.15, 0.2) is 5.69 Å². The van der Waals surface area contributed by atoms with Crippen molar-refractivity contribution in [2.45, 2.75) is 18.8 Å². The summed E-state index contributed by atoms with van der Waals surface area (Å²) in [5.74, 6) is -0.440. The SMILES string of the molecule is COc1cc(C(=O)N2CCC(c3nc(C(=O)NNC(=O)c4n[nH]c5ccccc45)cs3)CC2)nc2ccccc12. The molecule has 0 saturated carbocycles. The minimum atomic E-state index is -0.531. The number of hydrogen-bond acceptors (Lipinski definition) is 8. The Bertz CT molecular complexity index is 1740. The van der Waals surface area contributed by atoms with E-state index in [1.165, 1.54) is 11.3 Å². The predicted molar refractivity (Wildman–Crippen MR) is 149 cm³/mol. The van der Waals surface area contributed by atoms with Crippen molar-refractivity contribution >= 4 is 50.9 Å². The van der Waals surface area contributed by atoms with Gasteiger partial charge in [-0.15, -0.1) is 11.3 Å². The molecule has 6 rings (SSSR count). The number of ether oxygens (including phenoxy) is 1. The van der Waals surface area contributed by atoms with Gasteiger partial charge in [-0.2, -0.15) is 5.10 Å². The molecule has 3 N–H and O–H groups in total. The Morgan fingerprint density at radius 2 is 1.68 bits per heavy atom. The molecule has 1 saturated heterocycles. The van der Waals surface area contributed by atoms with Crippen LogP contribution in [-0.2, 0) is 0 Å². The van der Waals surface area contributed by atoms with Crippen LogP contribution in [0.15, 0.2) is 60.0 Å². The summed E-state index contributed by atoms with van der Waals surface area (Å²) >= 11 is 1.40. The highest BCUT2D eigenvalue weighted by Gasteiger charge is 2.28. The average Bonchev–Trinajstić information content (AvgIpc) is 3.67. The molecular weight excluding hydrogens is 530 g/mol. The molecule has 12 heteroatoms. The van der Waals surface area contributed by atoms with E-state index in [1.807, 2.05) is 42.5 Å². The van der Waals surface area contributed by atoms with E-state index < -0.39 is 11.8 Å². The number of hydrazine groups is 1. The van der Waals surface area contributed by atoms with E-state index in [2.05, 4.69) is 31.0 Å². The van der Waals surface area contributed by atoms with Gasteiger partial charge in [-0.25, -0.2) is 9.97 Å². The van der Waals surface area contributed by atoms with Gasteiger partial charge < -0.3 is 9.64 Å². The Labute approximate surface area is 232 Å². The molecule has 4 heterocycles. The van der Waals surface area contributed by atoms with E-state index in [4.69, 9.17) is 4.74 Å². The number of aromatic nitrogens is 4. The molecule has 3 amide bonds. The number of piperidine rings is 1. The smallest absolute Gasteiger partial charge is 0.290 e. The van der Waals surface area contributed by atoms with Crippen LogP contribution < -0.4 is 15.6 Å². The number of nitrogens with one attached hydrogen (secondary N) is 3. The molecule has 1 fully saturated rings. The summed E-state index contributed by atoms with van der Waals surface area (Å²) in [5.41, 5.74) is 7.01. The van der Waals surface area contributed by atoms with Gasteiger partial charge in [0.2, 0.25) is 0 Å². The Balaban J connectivity index is 1.05. The molecule has 0 bridgehead atoms. The second kappa shape index (κ2) is 10.7. The van der Waals surface area contributed by atoms with Crippen LogP contribution in [0.4, 0.5) is 0 Å². The number of rotatable bonds is 5. The summed E-state index contributed by atoms with van der Waals surface area (Å²) in [6.07, 6.45) is 1.43. The van der Waals surface area contributed by atoms with Crippen LogP contribution >= 0.6 is 11.3 Å². The molecule has 0 atom stereocenters. The number of thiazole rings is 1. The zero-order chi connectivity index (χ0) is 27.6. The number of pyridine rings is 1. The van der Waals surface area contributed by atoms with Gasteiger partial charge in [-0.3, -0.25) is 30.3 Å². The van der Waals surface area contributed by atoms with Crippen molar-refractivity contribution in [1.82, 2.24) is 35.9 Å². The number of nitrogens with zero attached hydrogens (tertiary/aromatic N) is 4. The van der Waals surface area contributed by atoms with Crippen molar-refractivity contribution < 1.29 is 19.1 Å². The molecule has 0 spiro atoms. The van der Waals surface area contributed by atoms with Gasteiger partial charge in [0, 0.05) is 41.2 Å². The maximum absolute atomic E-state index is 13.2. The number of fused-ring (bicyclic) bond motifs is 2. The van der Waals surface area contributed by atoms with Gasteiger partial charge >= 0.3 is 0 Å².